The molecule has 2 aromatic heterocycles. The van der Waals surface area contributed by atoms with E-state index < -0.39 is 0 Å². The monoisotopic (exact) mass is 399 g/mol. The number of hydrogen-bond acceptors (Lipinski definition) is 3. The fourth-order valence-corrected chi connectivity index (χ4v) is 3.87. The Bertz CT molecular complexity index is 1050. The van der Waals surface area contributed by atoms with Crippen molar-refractivity contribution in [1.29, 1.82) is 0 Å². The minimum Gasteiger partial charge on any atom is -0.306 e. The third kappa shape index (κ3) is 3.68. The minimum absolute atomic E-state index is 0.573. The van der Waals surface area contributed by atoms with Gasteiger partial charge in [0.2, 0.25) is 0 Å². The van der Waals surface area contributed by atoms with Crippen molar-refractivity contribution >= 4 is 34.5 Å². The molecular weight excluding hydrogens is 385 g/mol. The predicted octanol–water partition coefficient (Wildman–Crippen LogP) is 6.20. The summed E-state index contributed by atoms with van der Waals surface area (Å²) in [7, 11) is 0. The van der Waals surface area contributed by atoms with E-state index >= 15 is 0 Å². The van der Waals surface area contributed by atoms with Crippen LogP contribution >= 0.6 is 34.5 Å². The van der Waals surface area contributed by atoms with Crippen molar-refractivity contribution in [2.24, 2.45) is 0 Å². The molecule has 0 saturated carbocycles. The van der Waals surface area contributed by atoms with Gasteiger partial charge in [-0.15, -0.1) is 11.3 Å². The van der Waals surface area contributed by atoms with Crippen LogP contribution in [0.4, 0.5) is 0 Å². The van der Waals surface area contributed by atoms with E-state index in [1.54, 1.807) is 11.3 Å². The fourth-order valence-electron chi connectivity index (χ4n) is 2.72. The van der Waals surface area contributed by atoms with Gasteiger partial charge >= 0.3 is 0 Å². The first kappa shape index (κ1) is 17.3. The standard InChI is InChI=1S/C20H15Cl2N3S/c1-13-10-25(12-23-13)16-5-3-15(4-6-16)19-11-26-20(24-19)9-14-2-7-17(21)18(22)8-14/h2-8,10-12H,9H2,1H3. The van der Waals surface area contributed by atoms with Crippen LogP contribution in [-0.2, 0) is 6.42 Å². The summed E-state index contributed by atoms with van der Waals surface area (Å²) in [6.45, 7) is 1.98. The first-order valence-corrected chi connectivity index (χ1v) is 9.72. The van der Waals surface area contributed by atoms with Gasteiger partial charge in [0.05, 0.1) is 32.8 Å². The summed E-state index contributed by atoms with van der Waals surface area (Å²) >= 11 is 13.7. The van der Waals surface area contributed by atoms with Gasteiger partial charge in [0.25, 0.3) is 0 Å². The molecule has 4 rings (SSSR count). The van der Waals surface area contributed by atoms with Crippen molar-refractivity contribution in [3.63, 3.8) is 0 Å². The van der Waals surface area contributed by atoms with Crippen LogP contribution in [0, 0.1) is 6.92 Å². The Hall–Kier alpha value is -2.14. The summed E-state index contributed by atoms with van der Waals surface area (Å²) in [6, 6.07) is 14.0. The van der Waals surface area contributed by atoms with Crippen LogP contribution in [0.2, 0.25) is 10.0 Å². The lowest BCUT2D eigenvalue weighted by atomic mass is 10.1. The van der Waals surface area contributed by atoms with Crippen LogP contribution in [0.1, 0.15) is 16.3 Å². The molecule has 4 aromatic rings. The molecule has 0 atom stereocenters. The summed E-state index contributed by atoms with van der Waals surface area (Å²) in [5.41, 5.74) is 5.27. The Balaban J connectivity index is 1.53. The Kier molecular flexibility index (Phi) is 4.81. The Morgan fingerprint density at radius 3 is 2.54 bits per heavy atom. The fraction of sp³-hybridized carbons (Fsp3) is 0.100. The van der Waals surface area contributed by atoms with Gasteiger partial charge in [-0.1, -0.05) is 41.4 Å². The van der Waals surface area contributed by atoms with Gasteiger partial charge in [-0.05, 0) is 36.8 Å². The van der Waals surface area contributed by atoms with Crippen molar-refractivity contribution in [2.75, 3.05) is 0 Å². The smallest absolute Gasteiger partial charge is 0.0995 e. The predicted molar refractivity (Wildman–Crippen MR) is 109 cm³/mol. The summed E-state index contributed by atoms with van der Waals surface area (Å²) in [5, 5.41) is 4.28. The third-order valence-corrected chi connectivity index (χ3v) is 5.65. The third-order valence-electron chi connectivity index (χ3n) is 4.06. The number of halogens is 2. The van der Waals surface area contributed by atoms with Gasteiger partial charge in [-0.2, -0.15) is 0 Å². The molecule has 0 spiro atoms. The van der Waals surface area contributed by atoms with E-state index in [0.717, 1.165) is 39.6 Å². The van der Waals surface area contributed by atoms with Crippen molar-refractivity contribution in [3.05, 3.63) is 86.7 Å². The number of aryl methyl sites for hydroxylation is 1. The molecule has 6 heteroatoms. The maximum Gasteiger partial charge on any atom is 0.0995 e. The molecule has 0 fully saturated rings. The molecule has 0 N–H and O–H groups in total. The number of nitrogens with zero attached hydrogens (tertiary/aromatic N) is 3. The first-order chi connectivity index (χ1) is 12.6. The van der Waals surface area contributed by atoms with Crippen molar-refractivity contribution < 1.29 is 0 Å². The maximum atomic E-state index is 6.09. The van der Waals surface area contributed by atoms with Gasteiger partial charge in [-0.3, -0.25) is 0 Å². The van der Waals surface area contributed by atoms with E-state index in [0.29, 0.717) is 10.0 Å². The van der Waals surface area contributed by atoms with E-state index in [4.69, 9.17) is 28.2 Å². The van der Waals surface area contributed by atoms with Gasteiger partial charge in [0, 0.05) is 29.2 Å². The average Bonchev–Trinajstić information content (AvgIpc) is 3.28. The van der Waals surface area contributed by atoms with Crippen molar-refractivity contribution in [3.8, 4) is 16.9 Å². The van der Waals surface area contributed by atoms with Crippen LogP contribution in [0.15, 0.2) is 60.4 Å². The van der Waals surface area contributed by atoms with E-state index in [-0.39, 0.29) is 0 Å². The number of rotatable bonds is 4. The molecule has 0 amide bonds. The number of hydrogen-bond donors (Lipinski definition) is 0. The van der Waals surface area contributed by atoms with E-state index in [9.17, 15) is 0 Å². The molecule has 0 aliphatic heterocycles. The average molecular weight is 400 g/mol. The van der Waals surface area contributed by atoms with E-state index in [2.05, 4.69) is 34.6 Å². The zero-order valence-corrected chi connectivity index (χ0v) is 16.3. The molecule has 0 aliphatic rings. The summed E-state index contributed by atoms with van der Waals surface area (Å²) in [5.74, 6) is 0. The molecule has 2 heterocycles. The van der Waals surface area contributed by atoms with E-state index in [1.165, 1.54) is 0 Å². The van der Waals surface area contributed by atoms with Gasteiger partial charge in [0.15, 0.2) is 0 Å². The molecule has 2 aromatic carbocycles. The molecule has 0 radical (unpaired) electrons. The van der Waals surface area contributed by atoms with Gasteiger partial charge in [0.1, 0.15) is 0 Å². The molecule has 0 saturated heterocycles. The lowest BCUT2D eigenvalue weighted by molar-refractivity contribution is 1.06. The largest absolute Gasteiger partial charge is 0.306 e. The highest BCUT2D eigenvalue weighted by atomic mass is 35.5. The van der Waals surface area contributed by atoms with Gasteiger partial charge in [-0.25, -0.2) is 9.97 Å². The lowest BCUT2D eigenvalue weighted by Crippen LogP contribution is -1.90. The maximum absolute atomic E-state index is 6.09. The van der Waals surface area contributed by atoms with Crippen molar-refractivity contribution in [1.82, 2.24) is 14.5 Å². The topological polar surface area (TPSA) is 30.7 Å². The van der Waals surface area contributed by atoms with Crippen LogP contribution in [-0.4, -0.2) is 14.5 Å². The highest BCUT2D eigenvalue weighted by Crippen LogP contribution is 2.27. The summed E-state index contributed by atoms with van der Waals surface area (Å²) < 4.78 is 2.01. The molecule has 0 aliphatic carbocycles. The zero-order chi connectivity index (χ0) is 18.1. The molecule has 130 valence electrons. The summed E-state index contributed by atoms with van der Waals surface area (Å²) in [6.07, 6.45) is 4.57. The Morgan fingerprint density at radius 2 is 1.85 bits per heavy atom. The van der Waals surface area contributed by atoms with Gasteiger partial charge < -0.3 is 4.57 Å². The Labute approximate surface area is 165 Å². The van der Waals surface area contributed by atoms with Crippen LogP contribution < -0.4 is 0 Å². The van der Waals surface area contributed by atoms with E-state index in [1.807, 2.05) is 42.2 Å². The highest BCUT2D eigenvalue weighted by molar-refractivity contribution is 7.10. The number of thiazole rings is 1. The second kappa shape index (κ2) is 7.23. The highest BCUT2D eigenvalue weighted by Gasteiger charge is 2.08. The number of imidazole rings is 1. The first-order valence-electron chi connectivity index (χ1n) is 8.08. The molecule has 0 bridgehead atoms. The second-order valence-electron chi connectivity index (χ2n) is 6.02. The number of benzene rings is 2. The number of aromatic nitrogens is 3. The molecule has 3 nitrogen and oxygen atoms in total. The van der Waals surface area contributed by atoms with Crippen LogP contribution in [0.25, 0.3) is 16.9 Å². The molecular formula is C20H15Cl2N3S. The van der Waals surface area contributed by atoms with Crippen molar-refractivity contribution in [2.45, 2.75) is 13.3 Å². The lowest BCUT2D eigenvalue weighted by Gasteiger charge is -2.03. The van der Waals surface area contributed by atoms with Crippen LogP contribution in [0.3, 0.4) is 0 Å². The zero-order valence-electron chi connectivity index (χ0n) is 14.0. The molecule has 0 unspecified atom stereocenters. The Morgan fingerprint density at radius 1 is 1.04 bits per heavy atom. The SMILES string of the molecule is Cc1cn(-c2ccc(-c3csc(Cc4ccc(Cl)c(Cl)c4)n3)cc2)cn1. The minimum atomic E-state index is 0.573. The normalized spacial score (nSPS) is 11.0. The second-order valence-corrected chi connectivity index (χ2v) is 7.78. The van der Waals surface area contributed by atoms with Crippen LogP contribution in [0.5, 0.6) is 0 Å². The molecule has 26 heavy (non-hydrogen) atoms. The summed E-state index contributed by atoms with van der Waals surface area (Å²) in [4.78, 5) is 9.02. The quantitative estimate of drug-likeness (QED) is 0.408.